The van der Waals surface area contributed by atoms with Gasteiger partial charge in [-0.25, -0.2) is 4.79 Å². The fourth-order valence-corrected chi connectivity index (χ4v) is 2.11. The Morgan fingerprint density at radius 2 is 2.10 bits per heavy atom. The fraction of sp³-hybridized carbons (Fsp3) is 0.143. The molecular formula is C14H12BrNO4. The van der Waals surface area contributed by atoms with Gasteiger partial charge in [-0.1, -0.05) is 28.1 Å². The molecule has 2 N–H and O–H groups in total. The van der Waals surface area contributed by atoms with E-state index in [1.165, 1.54) is 6.07 Å². The minimum Gasteiger partial charge on any atom is -0.478 e. The lowest BCUT2D eigenvalue weighted by molar-refractivity contribution is 0.0695. The lowest BCUT2D eigenvalue weighted by atomic mass is 10.1. The molecule has 0 saturated carbocycles. The summed E-state index contributed by atoms with van der Waals surface area (Å²) in [7, 11) is 0. The maximum absolute atomic E-state index is 11.9. The van der Waals surface area contributed by atoms with E-state index in [1.807, 2.05) is 31.2 Å². The van der Waals surface area contributed by atoms with Gasteiger partial charge >= 0.3 is 5.97 Å². The Morgan fingerprint density at radius 3 is 2.70 bits per heavy atom. The van der Waals surface area contributed by atoms with Gasteiger partial charge in [0, 0.05) is 10.5 Å². The van der Waals surface area contributed by atoms with Crippen LogP contribution in [0, 0.1) is 0 Å². The minimum atomic E-state index is -1.13. The number of hydrogen-bond donors (Lipinski definition) is 2. The van der Waals surface area contributed by atoms with E-state index in [2.05, 4.69) is 21.2 Å². The van der Waals surface area contributed by atoms with Crippen molar-refractivity contribution in [1.29, 1.82) is 0 Å². The monoisotopic (exact) mass is 337 g/mol. The number of carboxylic acids is 1. The van der Waals surface area contributed by atoms with Crippen molar-refractivity contribution in [2.24, 2.45) is 0 Å². The van der Waals surface area contributed by atoms with Crippen LogP contribution in [-0.4, -0.2) is 17.0 Å². The molecule has 0 aliphatic rings. The molecule has 0 saturated heterocycles. The first-order valence-electron chi connectivity index (χ1n) is 5.85. The Kier molecular flexibility index (Phi) is 4.24. The SMILES string of the molecule is CC(NC(=O)c1cc(C(=O)O)co1)c1cccc(Br)c1. The molecule has 1 aromatic carbocycles. The zero-order valence-electron chi connectivity index (χ0n) is 10.6. The number of aromatic carboxylic acids is 1. The quantitative estimate of drug-likeness (QED) is 0.897. The molecule has 0 aliphatic carbocycles. The van der Waals surface area contributed by atoms with E-state index >= 15 is 0 Å². The van der Waals surface area contributed by atoms with E-state index in [1.54, 1.807) is 0 Å². The first-order chi connectivity index (χ1) is 9.47. The number of furan rings is 1. The van der Waals surface area contributed by atoms with Gasteiger partial charge in [0.1, 0.15) is 6.26 Å². The number of nitrogens with one attached hydrogen (secondary N) is 1. The van der Waals surface area contributed by atoms with Crippen molar-refractivity contribution in [3.63, 3.8) is 0 Å². The number of rotatable bonds is 4. The Morgan fingerprint density at radius 1 is 1.35 bits per heavy atom. The Balaban J connectivity index is 2.08. The molecule has 0 spiro atoms. The second-order valence-electron chi connectivity index (χ2n) is 4.25. The molecule has 1 unspecified atom stereocenters. The van der Waals surface area contributed by atoms with Crippen LogP contribution in [0.15, 0.2) is 45.5 Å². The third-order valence-corrected chi connectivity index (χ3v) is 3.26. The van der Waals surface area contributed by atoms with Crippen LogP contribution in [0.1, 0.15) is 39.4 Å². The third kappa shape index (κ3) is 3.27. The van der Waals surface area contributed by atoms with Crippen molar-refractivity contribution in [1.82, 2.24) is 5.32 Å². The van der Waals surface area contributed by atoms with Gasteiger partial charge < -0.3 is 14.8 Å². The number of hydrogen-bond acceptors (Lipinski definition) is 3. The number of carbonyl (C=O) groups excluding carboxylic acids is 1. The number of halogens is 1. The van der Waals surface area contributed by atoms with Crippen LogP contribution in [0.4, 0.5) is 0 Å². The zero-order valence-corrected chi connectivity index (χ0v) is 12.2. The van der Waals surface area contributed by atoms with E-state index < -0.39 is 11.9 Å². The summed E-state index contributed by atoms with van der Waals surface area (Å²) in [5, 5.41) is 11.5. The van der Waals surface area contributed by atoms with Crippen LogP contribution in [0.5, 0.6) is 0 Å². The van der Waals surface area contributed by atoms with E-state index in [4.69, 9.17) is 9.52 Å². The summed E-state index contributed by atoms with van der Waals surface area (Å²) < 4.78 is 5.86. The summed E-state index contributed by atoms with van der Waals surface area (Å²) in [4.78, 5) is 22.7. The fourth-order valence-electron chi connectivity index (χ4n) is 1.69. The topological polar surface area (TPSA) is 79.5 Å². The highest BCUT2D eigenvalue weighted by Crippen LogP contribution is 2.18. The van der Waals surface area contributed by atoms with Gasteiger partial charge in [0.2, 0.25) is 0 Å². The predicted molar refractivity (Wildman–Crippen MR) is 75.7 cm³/mol. The second-order valence-corrected chi connectivity index (χ2v) is 5.17. The molecule has 1 atom stereocenters. The van der Waals surface area contributed by atoms with E-state index in [-0.39, 0.29) is 17.4 Å². The minimum absolute atomic E-state index is 0.0238. The second kappa shape index (κ2) is 5.92. The smallest absolute Gasteiger partial charge is 0.338 e. The average Bonchev–Trinajstić information content (AvgIpc) is 2.88. The first kappa shape index (κ1) is 14.3. The molecule has 1 aromatic heterocycles. The average molecular weight is 338 g/mol. The Bertz CT molecular complexity index is 650. The van der Waals surface area contributed by atoms with Gasteiger partial charge in [0.25, 0.3) is 5.91 Å². The lowest BCUT2D eigenvalue weighted by Gasteiger charge is -2.13. The van der Waals surface area contributed by atoms with Crippen LogP contribution in [0.25, 0.3) is 0 Å². The van der Waals surface area contributed by atoms with E-state index in [0.29, 0.717) is 0 Å². The summed E-state index contributed by atoms with van der Waals surface area (Å²) in [6, 6.07) is 8.53. The summed E-state index contributed by atoms with van der Waals surface area (Å²) in [5.41, 5.74) is 0.878. The predicted octanol–water partition coefficient (Wildman–Crippen LogP) is 3.23. The molecule has 20 heavy (non-hydrogen) atoms. The highest BCUT2D eigenvalue weighted by atomic mass is 79.9. The summed E-state index contributed by atoms with van der Waals surface area (Å²) >= 11 is 3.36. The summed E-state index contributed by atoms with van der Waals surface area (Å²) in [5.74, 6) is -1.61. The Hall–Kier alpha value is -2.08. The number of amides is 1. The molecule has 0 aliphatic heterocycles. The van der Waals surface area contributed by atoms with Gasteiger partial charge in [0.05, 0.1) is 11.6 Å². The van der Waals surface area contributed by atoms with Crippen LogP contribution in [0.2, 0.25) is 0 Å². The normalized spacial score (nSPS) is 11.9. The zero-order chi connectivity index (χ0) is 14.7. The van der Waals surface area contributed by atoms with Crippen molar-refractivity contribution in [2.75, 3.05) is 0 Å². The van der Waals surface area contributed by atoms with Gasteiger partial charge in [0.15, 0.2) is 5.76 Å². The van der Waals surface area contributed by atoms with Gasteiger partial charge in [-0.15, -0.1) is 0 Å². The van der Waals surface area contributed by atoms with Crippen LogP contribution >= 0.6 is 15.9 Å². The standard InChI is InChI=1S/C14H12BrNO4/c1-8(9-3-2-4-11(15)5-9)16-13(17)12-6-10(7-20-12)14(18)19/h2-8H,1H3,(H,16,17)(H,18,19). The molecular weight excluding hydrogens is 326 g/mol. The lowest BCUT2D eigenvalue weighted by Crippen LogP contribution is -2.26. The number of carboxylic acid groups (broad SMARTS) is 1. The van der Waals surface area contributed by atoms with Crippen molar-refractivity contribution in [2.45, 2.75) is 13.0 Å². The van der Waals surface area contributed by atoms with Crippen LogP contribution in [-0.2, 0) is 0 Å². The van der Waals surface area contributed by atoms with Crippen molar-refractivity contribution in [3.8, 4) is 0 Å². The van der Waals surface area contributed by atoms with Crippen LogP contribution in [0.3, 0.4) is 0 Å². The van der Waals surface area contributed by atoms with Gasteiger partial charge in [-0.3, -0.25) is 4.79 Å². The maximum atomic E-state index is 11.9. The Labute approximate surface area is 123 Å². The maximum Gasteiger partial charge on any atom is 0.338 e. The molecule has 1 amide bonds. The van der Waals surface area contributed by atoms with Gasteiger partial charge in [-0.2, -0.15) is 0 Å². The molecule has 0 radical (unpaired) electrons. The molecule has 104 valence electrons. The molecule has 0 bridgehead atoms. The molecule has 6 heteroatoms. The van der Waals surface area contributed by atoms with Crippen LogP contribution < -0.4 is 5.32 Å². The molecule has 2 aromatic rings. The molecule has 1 heterocycles. The highest BCUT2D eigenvalue weighted by molar-refractivity contribution is 9.10. The number of carbonyl (C=O) groups is 2. The third-order valence-electron chi connectivity index (χ3n) is 2.77. The van der Waals surface area contributed by atoms with Crippen molar-refractivity contribution >= 4 is 27.8 Å². The highest BCUT2D eigenvalue weighted by Gasteiger charge is 2.17. The molecule has 0 fully saturated rings. The molecule has 2 rings (SSSR count). The first-order valence-corrected chi connectivity index (χ1v) is 6.65. The van der Waals surface area contributed by atoms with Crippen molar-refractivity contribution < 1.29 is 19.1 Å². The van der Waals surface area contributed by atoms with E-state index in [0.717, 1.165) is 16.3 Å². The summed E-state index contributed by atoms with van der Waals surface area (Å²) in [6.45, 7) is 1.83. The summed E-state index contributed by atoms with van der Waals surface area (Å²) in [6.07, 6.45) is 1.04. The molecule has 5 nitrogen and oxygen atoms in total. The van der Waals surface area contributed by atoms with Gasteiger partial charge in [-0.05, 0) is 24.6 Å². The van der Waals surface area contributed by atoms with E-state index in [9.17, 15) is 9.59 Å². The largest absolute Gasteiger partial charge is 0.478 e. The number of benzene rings is 1. The van der Waals surface area contributed by atoms with Crippen molar-refractivity contribution in [3.05, 3.63) is 58.0 Å².